The van der Waals surface area contributed by atoms with Gasteiger partial charge in [-0.2, -0.15) is 0 Å². The van der Waals surface area contributed by atoms with Crippen LogP contribution in [0.5, 0.6) is 5.75 Å². The van der Waals surface area contributed by atoms with Crippen LogP contribution in [-0.2, 0) is 0 Å². The van der Waals surface area contributed by atoms with Crippen LogP contribution in [0.1, 0.15) is 17.2 Å². The second-order valence-corrected chi connectivity index (χ2v) is 4.59. The molecule has 1 atom stereocenters. The maximum atomic E-state index is 14.0. The molecule has 0 amide bonds. The van der Waals surface area contributed by atoms with Gasteiger partial charge in [0.1, 0.15) is 17.4 Å². The molecule has 2 aromatic carbocycles. The molecule has 0 saturated carbocycles. The molecule has 3 N–H and O–H groups in total. The highest BCUT2D eigenvalue weighted by Crippen LogP contribution is 2.29. The first-order valence-electron chi connectivity index (χ1n) is 5.81. The normalized spacial score (nSPS) is 12.2. The standard InChI is InChI=1S/C14H13ClF2N2O/c1-20-9-3-5-11(13(17)7-9)14(19-18)10-4-2-8(15)6-12(10)16/h2-7,14,19H,18H2,1H3. The summed E-state index contributed by atoms with van der Waals surface area (Å²) < 4.78 is 32.9. The van der Waals surface area contributed by atoms with Crippen LogP contribution in [0.3, 0.4) is 0 Å². The Morgan fingerprint density at radius 1 is 1.10 bits per heavy atom. The molecule has 0 spiro atoms. The molecule has 106 valence electrons. The van der Waals surface area contributed by atoms with Crippen LogP contribution in [0.15, 0.2) is 36.4 Å². The number of hydrogen-bond acceptors (Lipinski definition) is 3. The number of hydrogen-bond donors (Lipinski definition) is 2. The topological polar surface area (TPSA) is 47.3 Å². The van der Waals surface area contributed by atoms with Crippen molar-refractivity contribution in [2.45, 2.75) is 6.04 Å². The molecule has 0 aliphatic carbocycles. The summed E-state index contributed by atoms with van der Waals surface area (Å²) >= 11 is 5.70. The Morgan fingerprint density at radius 2 is 1.70 bits per heavy atom. The van der Waals surface area contributed by atoms with Crippen molar-refractivity contribution in [3.63, 3.8) is 0 Å². The number of benzene rings is 2. The molecule has 0 aromatic heterocycles. The van der Waals surface area contributed by atoms with Crippen LogP contribution in [0, 0.1) is 11.6 Å². The molecule has 0 aliphatic rings. The van der Waals surface area contributed by atoms with Gasteiger partial charge < -0.3 is 4.74 Å². The Kier molecular flexibility index (Phi) is 4.54. The van der Waals surface area contributed by atoms with Crippen molar-refractivity contribution in [2.75, 3.05) is 7.11 Å². The lowest BCUT2D eigenvalue weighted by Gasteiger charge is -2.18. The molecule has 0 heterocycles. The van der Waals surface area contributed by atoms with E-state index in [9.17, 15) is 8.78 Å². The maximum absolute atomic E-state index is 14.0. The van der Waals surface area contributed by atoms with Crippen LogP contribution >= 0.6 is 11.6 Å². The number of methoxy groups -OCH3 is 1. The van der Waals surface area contributed by atoms with Crippen molar-refractivity contribution in [3.8, 4) is 5.75 Å². The van der Waals surface area contributed by atoms with Crippen LogP contribution < -0.4 is 16.0 Å². The molecule has 1 unspecified atom stereocenters. The number of halogens is 3. The minimum atomic E-state index is -0.821. The molecule has 3 nitrogen and oxygen atoms in total. The van der Waals surface area contributed by atoms with Gasteiger partial charge in [0.25, 0.3) is 0 Å². The van der Waals surface area contributed by atoms with E-state index in [-0.39, 0.29) is 16.1 Å². The zero-order valence-electron chi connectivity index (χ0n) is 10.7. The van der Waals surface area contributed by atoms with E-state index in [0.717, 1.165) is 6.07 Å². The van der Waals surface area contributed by atoms with Crippen molar-refractivity contribution in [1.29, 1.82) is 0 Å². The number of rotatable bonds is 4. The third-order valence-corrected chi connectivity index (χ3v) is 3.19. The highest BCUT2D eigenvalue weighted by Gasteiger charge is 2.20. The third-order valence-electron chi connectivity index (χ3n) is 2.96. The van der Waals surface area contributed by atoms with Crippen LogP contribution in [0.2, 0.25) is 5.02 Å². The fourth-order valence-electron chi connectivity index (χ4n) is 1.95. The molecule has 0 aliphatic heterocycles. The summed E-state index contributed by atoms with van der Waals surface area (Å²) in [6.07, 6.45) is 0. The Bertz CT molecular complexity index is 622. The van der Waals surface area contributed by atoms with Crippen molar-refractivity contribution in [3.05, 3.63) is 64.2 Å². The van der Waals surface area contributed by atoms with Gasteiger partial charge in [-0.3, -0.25) is 5.84 Å². The first-order valence-corrected chi connectivity index (χ1v) is 6.19. The summed E-state index contributed by atoms with van der Waals surface area (Å²) in [5.74, 6) is 4.71. The Balaban J connectivity index is 2.47. The number of nitrogens with one attached hydrogen (secondary N) is 1. The molecule has 0 fully saturated rings. The molecule has 0 saturated heterocycles. The molecule has 0 bridgehead atoms. The van der Waals surface area contributed by atoms with Gasteiger partial charge in [0.15, 0.2) is 0 Å². The van der Waals surface area contributed by atoms with Gasteiger partial charge in [-0.25, -0.2) is 14.2 Å². The fraction of sp³-hybridized carbons (Fsp3) is 0.143. The SMILES string of the molecule is COc1ccc(C(NN)c2ccc(Cl)cc2F)c(F)c1. The van der Waals surface area contributed by atoms with Crippen LogP contribution in [0.4, 0.5) is 8.78 Å². The van der Waals surface area contributed by atoms with Gasteiger partial charge in [-0.15, -0.1) is 0 Å². The highest BCUT2D eigenvalue weighted by atomic mass is 35.5. The summed E-state index contributed by atoms with van der Waals surface area (Å²) in [4.78, 5) is 0. The highest BCUT2D eigenvalue weighted by molar-refractivity contribution is 6.30. The van der Waals surface area contributed by atoms with E-state index >= 15 is 0 Å². The summed E-state index contributed by atoms with van der Waals surface area (Å²) in [5.41, 5.74) is 2.84. The van der Waals surface area contributed by atoms with Gasteiger partial charge in [-0.1, -0.05) is 23.7 Å². The van der Waals surface area contributed by atoms with E-state index in [0.29, 0.717) is 5.75 Å². The smallest absolute Gasteiger partial charge is 0.132 e. The molecule has 2 aromatic rings. The lowest BCUT2D eigenvalue weighted by atomic mass is 9.98. The van der Waals surface area contributed by atoms with Crippen molar-refractivity contribution in [2.24, 2.45) is 5.84 Å². The van der Waals surface area contributed by atoms with E-state index < -0.39 is 17.7 Å². The minimum Gasteiger partial charge on any atom is -0.497 e. The zero-order valence-corrected chi connectivity index (χ0v) is 11.4. The quantitative estimate of drug-likeness (QED) is 0.673. The van der Waals surface area contributed by atoms with Gasteiger partial charge in [0.05, 0.1) is 13.2 Å². The molecule has 0 radical (unpaired) electrons. The van der Waals surface area contributed by atoms with Gasteiger partial charge in [-0.05, 0) is 18.2 Å². The van der Waals surface area contributed by atoms with Gasteiger partial charge >= 0.3 is 0 Å². The van der Waals surface area contributed by atoms with E-state index in [1.807, 2.05) is 0 Å². The Labute approximate surface area is 120 Å². The van der Waals surface area contributed by atoms with E-state index in [4.69, 9.17) is 22.2 Å². The molecular weight excluding hydrogens is 286 g/mol. The average molecular weight is 299 g/mol. The fourth-order valence-corrected chi connectivity index (χ4v) is 2.11. The largest absolute Gasteiger partial charge is 0.497 e. The van der Waals surface area contributed by atoms with Crippen molar-refractivity contribution in [1.82, 2.24) is 5.43 Å². The summed E-state index contributed by atoms with van der Waals surface area (Å²) in [6.45, 7) is 0. The van der Waals surface area contributed by atoms with Crippen LogP contribution in [0.25, 0.3) is 0 Å². The van der Waals surface area contributed by atoms with E-state index in [1.165, 1.54) is 31.4 Å². The Hall–Kier alpha value is -1.69. The second kappa shape index (κ2) is 6.17. The second-order valence-electron chi connectivity index (χ2n) is 4.15. The van der Waals surface area contributed by atoms with Crippen molar-refractivity contribution >= 4 is 11.6 Å². The predicted molar refractivity (Wildman–Crippen MR) is 73.5 cm³/mol. The predicted octanol–water partition coefficient (Wildman–Crippen LogP) is 3.18. The van der Waals surface area contributed by atoms with Crippen molar-refractivity contribution < 1.29 is 13.5 Å². The first kappa shape index (κ1) is 14.7. The lowest BCUT2D eigenvalue weighted by molar-refractivity contribution is 0.410. The Morgan fingerprint density at radius 3 is 2.20 bits per heavy atom. The minimum absolute atomic E-state index is 0.209. The summed E-state index contributed by atoms with van der Waals surface area (Å²) in [7, 11) is 1.44. The monoisotopic (exact) mass is 298 g/mol. The average Bonchev–Trinajstić information content (AvgIpc) is 2.43. The summed E-state index contributed by atoms with van der Waals surface area (Å²) in [6, 6.07) is 7.61. The summed E-state index contributed by atoms with van der Waals surface area (Å²) in [5, 5.41) is 0.261. The van der Waals surface area contributed by atoms with Gasteiger partial charge in [0.2, 0.25) is 0 Å². The number of ether oxygens (including phenoxy) is 1. The maximum Gasteiger partial charge on any atom is 0.132 e. The number of nitrogens with two attached hydrogens (primary N) is 1. The zero-order chi connectivity index (χ0) is 14.7. The number of hydrazine groups is 1. The first-order chi connectivity index (χ1) is 9.56. The molecule has 2 rings (SSSR count). The van der Waals surface area contributed by atoms with E-state index in [1.54, 1.807) is 6.07 Å². The van der Waals surface area contributed by atoms with Crippen LogP contribution in [-0.4, -0.2) is 7.11 Å². The lowest BCUT2D eigenvalue weighted by Crippen LogP contribution is -2.30. The van der Waals surface area contributed by atoms with Gasteiger partial charge in [0, 0.05) is 22.2 Å². The molecular formula is C14H13ClF2N2O. The van der Waals surface area contributed by atoms with E-state index in [2.05, 4.69) is 5.43 Å². The molecule has 6 heteroatoms. The molecule has 20 heavy (non-hydrogen) atoms. The third kappa shape index (κ3) is 2.90.